The van der Waals surface area contributed by atoms with E-state index in [0.29, 0.717) is 28.3 Å². The average molecular weight is 516 g/mol. The minimum Gasteiger partial charge on any atom is -0.484 e. The van der Waals surface area contributed by atoms with Crippen molar-refractivity contribution in [2.75, 3.05) is 19.0 Å². The molecule has 0 aliphatic rings. The average Bonchev–Trinajstić information content (AvgIpc) is 2.88. The molecule has 1 aromatic heterocycles. The molecule has 0 bridgehead atoms. The molecule has 196 valence electrons. The van der Waals surface area contributed by atoms with Crippen molar-refractivity contribution >= 4 is 23.7 Å². The summed E-state index contributed by atoms with van der Waals surface area (Å²) in [4.78, 5) is 37.3. The van der Waals surface area contributed by atoms with E-state index in [4.69, 9.17) is 9.47 Å². The molecule has 2 amide bonds. The van der Waals surface area contributed by atoms with Gasteiger partial charge in [-0.3, -0.25) is 14.4 Å². The molecule has 10 heteroatoms. The summed E-state index contributed by atoms with van der Waals surface area (Å²) in [7, 11) is 1.47. The molecular formula is C28H29N5O5. The molecule has 38 heavy (non-hydrogen) atoms. The fourth-order valence-corrected chi connectivity index (χ4v) is 3.63. The normalized spacial score (nSPS) is 10.7. The van der Waals surface area contributed by atoms with E-state index in [1.165, 1.54) is 17.9 Å². The monoisotopic (exact) mass is 515 g/mol. The summed E-state index contributed by atoms with van der Waals surface area (Å²) >= 11 is 0. The zero-order chi connectivity index (χ0) is 27.7. The molecule has 0 atom stereocenters. The van der Waals surface area contributed by atoms with Crippen molar-refractivity contribution in [3.8, 4) is 11.8 Å². The lowest BCUT2D eigenvalue weighted by Gasteiger charge is -2.12. The minimum atomic E-state index is -0.565. The van der Waals surface area contributed by atoms with Crippen LogP contribution in [0.3, 0.4) is 0 Å². The fraction of sp³-hybridized carbons (Fsp3) is 0.250. The zero-order valence-corrected chi connectivity index (χ0v) is 21.7. The topological polar surface area (TPSA) is 135 Å². The molecular weight excluding hydrogens is 486 g/mol. The van der Waals surface area contributed by atoms with Gasteiger partial charge in [0.1, 0.15) is 23.9 Å². The van der Waals surface area contributed by atoms with Gasteiger partial charge in [0, 0.05) is 24.1 Å². The van der Waals surface area contributed by atoms with Gasteiger partial charge in [-0.1, -0.05) is 18.2 Å². The molecule has 2 aromatic carbocycles. The number of nitriles is 1. The first-order valence-electron chi connectivity index (χ1n) is 11.8. The summed E-state index contributed by atoms with van der Waals surface area (Å²) < 4.78 is 11.8. The van der Waals surface area contributed by atoms with Crippen LogP contribution in [-0.4, -0.2) is 36.3 Å². The molecule has 0 radical (unpaired) electrons. The Morgan fingerprint density at radius 1 is 1.08 bits per heavy atom. The zero-order valence-electron chi connectivity index (χ0n) is 21.7. The molecule has 3 aromatic rings. The Bertz CT molecular complexity index is 1470. The van der Waals surface area contributed by atoms with Crippen LogP contribution in [0.2, 0.25) is 0 Å². The van der Waals surface area contributed by atoms with E-state index < -0.39 is 11.5 Å². The van der Waals surface area contributed by atoms with Crippen LogP contribution in [0.15, 0.2) is 58.4 Å². The predicted molar refractivity (Wildman–Crippen MR) is 143 cm³/mol. The standard InChI is InChI=1S/C28H29N5O5/c1-18-8-9-23(10-19(18)2)31-27(35)17-38-24-7-5-6-21(12-24)14-30-32-26(34)15-33-20(3)11-22(16-37-4)25(13-29)28(33)36/h5-12,14H,15-17H2,1-4H3,(H,31,35)(H,32,34)/b30-14-. The summed E-state index contributed by atoms with van der Waals surface area (Å²) in [5, 5.41) is 16.1. The predicted octanol–water partition coefficient (Wildman–Crippen LogP) is 2.96. The van der Waals surface area contributed by atoms with Crippen molar-refractivity contribution in [3.63, 3.8) is 0 Å². The number of nitrogens with zero attached hydrogens (tertiary/aromatic N) is 3. The number of hydrogen-bond acceptors (Lipinski definition) is 7. The molecule has 0 saturated carbocycles. The lowest BCUT2D eigenvalue weighted by atomic mass is 10.1. The van der Waals surface area contributed by atoms with Gasteiger partial charge < -0.3 is 19.4 Å². The summed E-state index contributed by atoms with van der Waals surface area (Å²) in [5.41, 5.74) is 6.29. The first kappa shape index (κ1) is 27.8. The van der Waals surface area contributed by atoms with Gasteiger partial charge in [0.15, 0.2) is 6.61 Å². The first-order valence-corrected chi connectivity index (χ1v) is 11.8. The Morgan fingerprint density at radius 3 is 2.58 bits per heavy atom. The Hall–Kier alpha value is -4.75. The Balaban J connectivity index is 1.56. The van der Waals surface area contributed by atoms with Crippen molar-refractivity contribution in [2.24, 2.45) is 5.10 Å². The van der Waals surface area contributed by atoms with Gasteiger partial charge in [0.2, 0.25) is 0 Å². The molecule has 2 N–H and O–H groups in total. The van der Waals surface area contributed by atoms with Gasteiger partial charge in [-0.15, -0.1) is 0 Å². The highest BCUT2D eigenvalue weighted by molar-refractivity contribution is 5.92. The molecule has 3 rings (SSSR count). The third-order valence-electron chi connectivity index (χ3n) is 5.72. The van der Waals surface area contributed by atoms with Crippen LogP contribution in [0.4, 0.5) is 5.69 Å². The van der Waals surface area contributed by atoms with E-state index in [9.17, 15) is 19.6 Å². The number of carbonyl (C=O) groups is 2. The number of hydrogen-bond donors (Lipinski definition) is 2. The number of pyridine rings is 1. The van der Waals surface area contributed by atoms with Crippen molar-refractivity contribution in [1.82, 2.24) is 9.99 Å². The minimum absolute atomic E-state index is 0.0618. The molecule has 0 fully saturated rings. The Kier molecular flexibility index (Phi) is 9.51. The molecule has 0 saturated heterocycles. The number of carbonyl (C=O) groups excluding carboxylic acids is 2. The number of ether oxygens (including phenoxy) is 2. The Labute approximate surface area is 220 Å². The number of aryl methyl sites for hydroxylation is 3. The molecule has 0 aliphatic heterocycles. The quantitative estimate of drug-likeness (QED) is 0.315. The molecule has 0 aliphatic carbocycles. The molecule has 1 heterocycles. The maximum Gasteiger partial charge on any atom is 0.269 e. The van der Waals surface area contributed by atoms with Crippen molar-refractivity contribution in [3.05, 3.63) is 92.4 Å². The summed E-state index contributed by atoms with van der Waals surface area (Å²) in [5.74, 6) is -0.372. The summed E-state index contributed by atoms with van der Waals surface area (Å²) in [6.07, 6.45) is 1.41. The number of methoxy groups -OCH3 is 1. The van der Waals surface area contributed by atoms with Crippen LogP contribution in [0, 0.1) is 32.1 Å². The van der Waals surface area contributed by atoms with E-state index in [1.54, 1.807) is 37.3 Å². The van der Waals surface area contributed by atoms with Gasteiger partial charge in [-0.2, -0.15) is 10.4 Å². The van der Waals surface area contributed by atoms with Gasteiger partial charge in [-0.05, 0) is 67.8 Å². The van der Waals surface area contributed by atoms with Gasteiger partial charge >= 0.3 is 0 Å². The second-order valence-electron chi connectivity index (χ2n) is 8.62. The van der Waals surface area contributed by atoms with Gasteiger partial charge in [-0.25, -0.2) is 5.43 Å². The third kappa shape index (κ3) is 7.38. The van der Waals surface area contributed by atoms with Crippen molar-refractivity contribution in [2.45, 2.75) is 33.9 Å². The van der Waals surface area contributed by atoms with E-state index in [1.807, 2.05) is 38.1 Å². The molecule has 10 nitrogen and oxygen atoms in total. The van der Waals surface area contributed by atoms with Crippen LogP contribution in [0.25, 0.3) is 0 Å². The third-order valence-corrected chi connectivity index (χ3v) is 5.72. The van der Waals surface area contributed by atoms with E-state index >= 15 is 0 Å². The maximum atomic E-state index is 12.6. The van der Waals surface area contributed by atoms with Crippen molar-refractivity contribution in [1.29, 1.82) is 5.26 Å². The number of amides is 2. The van der Waals surface area contributed by atoms with Crippen LogP contribution < -0.4 is 21.0 Å². The maximum absolute atomic E-state index is 12.6. The largest absolute Gasteiger partial charge is 0.484 e. The SMILES string of the molecule is COCc1cc(C)n(CC(=O)N/N=C\c2cccc(OCC(=O)Nc3ccc(C)c(C)c3)c2)c(=O)c1C#N. The van der Waals surface area contributed by atoms with Gasteiger partial charge in [0.25, 0.3) is 17.4 Å². The van der Waals surface area contributed by atoms with E-state index in [-0.39, 0.29) is 31.2 Å². The number of nitrogens with one attached hydrogen (secondary N) is 2. The van der Waals surface area contributed by atoms with Crippen molar-refractivity contribution < 1.29 is 19.1 Å². The van der Waals surface area contributed by atoms with E-state index in [0.717, 1.165) is 11.1 Å². The fourth-order valence-electron chi connectivity index (χ4n) is 3.63. The van der Waals surface area contributed by atoms with Gasteiger partial charge in [0.05, 0.1) is 12.8 Å². The molecule has 0 spiro atoms. The summed E-state index contributed by atoms with van der Waals surface area (Å²) in [6.45, 7) is 5.29. The highest BCUT2D eigenvalue weighted by Crippen LogP contribution is 2.15. The lowest BCUT2D eigenvalue weighted by Crippen LogP contribution is -2.33. The second kappa shape index (κ2) is 13.0. The highest BCUT2D eigenvalue weighted by Gasteiger charge is 2.15. The number of benzene rings is 2. The van der Waals surface area contributed by atoms with Crippen LogP contribution in [0.5, 0.6) is 5.75 Å². The smallest absolute Gasteiger partial charge is 0.269 e. The second-order valence-corrected chi connectivity index (χ2v) is 8.62. The lowest BCUT2D eigenvalue weighted by molar-refractivity contribution is -0.121. The number of aromatic nitrogens is 1. The summed E-state index contributed by atoms with van der Waals surface area (Å²) in [6, 6.07) is 16.1. The van der Waals surface area contributed by atoms with Crippen LogP contribution in [-0.2, 0) is 27.5 Å². The Morgan fingerprint density at radius 2 is 1.87 bits per heavy atom. The van der Waals surface area contributed by atoms with E-state index in [2.05, 4.69) is 15.8 Å². The number of hydrazone groups is 1. The highest BCUT2D eigenvalue weighted by atomic mass is 16.5. The number of anilines is 1. The molecule has 0 unspecified atom stereocenters. The van der Waals surface area contributed by atoms with Crippen LogP contribution in [0.1, 0.15) is 33.5 Å². The van der Waals surface area contributed by atoms with Crippen LogP contribution >= 0.6 is 0 Å². The number of rotatable bonds is 10. The first-order chi connectivity index (χ1) is 18.2.